The van der Waals surface area contributed by atoms with Crippen molar-refractivity contribution in [3.63, 3.8) is 0 Å². The molecule has 0 spiro atoms. The first-order valence-electron chi connectivity index (χ1n) is 23.5. The predicted octanol–water partition coefficient (Wildman–Crippen LogP) is 20.7. The zero-order valence-corrected chi connectivity index (χ0v) is 48.4. The van der Waals surface area contributed by atoms with Gasteiger partial charge in [-0.05, 0) is 109 Å². The Labute approximate surface area is 431 Å². The number of hydrogen-bond donors (Lipinski definition) is 0. The van der Waals surface area contributed by atoms with E-state index in [0.717, 1.165) is 12.1 Å². The lowest BCUT2D eigenvalue weighted by Gasteiger charge is -2.36. The molecule has 1 heterocycles. The smallest absolute Gasteiger partial charge is 0.324 e. The Bertz CT molecular complexity index is 789. The largest absolute Gasteiger partial charge is 0.455 e. The monoisotopic (exact) mass is 1060 g/mol. The second-order valence-corrected chi connectivity index (χ2v) is 41.5. The zero-order chi connectivity index (χ0) is 42.6. The van der Waals surface area contributed by atoms with Crippen molar-refractivity contribution in [2.24, 2.45) is 0 Å². The second kappa shape index (κ2) is 65.3. The molecule has 1 aliphatic heterocycles. The van der Waals surface area contributed by atoms with E-state index in [1.54, 1.807) is 7.11 Å². The van der Waals surface area contributed by atoms with Gasteiger partial charge in [0.25, 0.3) is 0 Å². The minimum atomic E-state index is -1.81. The van der Waals surface area contributed by atoms with Gasteiger partial charge in [0.05, 0.1) is 0 Å². The van der Waals surface area contributed by atoms with E-state index < -0.39 is 61.4 Å². The summed E-state index contributed by atoms with van der Waals surface area (Å²) in [5.74, 6) is 0. The van der Waals surface area contributed by atoms with Crippen molar-refractivity contribution in [3.05, 3.63) is 0 Å². The molecule has 2 atom stereocenters. The van der Waals surface area contributed by atoms with Gasteiger partial charge in [-0.25, -0.2) is 0 Å². The van der Waals surface area contributed by atoms with Gasteiger partial charge in [0.15, 0.2) is 52.8 Å². The third-order valence-electron chi connectivity index (χ3n) is 10.4. The molecule has 13 heteroatoms. The maximum atomic E-state index is 6.62. The highest BCUT2D eigenvalue weighted by Crippen LogP contribution is 2.29. The molecule has 0 N–H and O–H groups in total. The van der Waals surface area contributed by atoms with Gasteiger partial charge in [-0.1, -0.05) is 218 Å². The lowest BCUT2D eigenvalue weighted by molar-refractivity contribution is 0.121. The maximum absolute atomic E-state index is 6.62. The van der Waals surface area contributed by atoms with E-state index in [-0.39, 0.29) is 74.3 Å². The molecule has 1 saturated heterocycles. The Kier molecular flexibility index (Phi) is 99.9. The summed E-state index contributed by atoms with van der Waals surface area (Å²) in [5.41, 5.74) is 0.729. The van der Waals surface area contributed by atoms with E-state index in [4.69, 9.17) is 25.9 Å². The normalized spacial score (nSPS) is 15.2. The molecule has 6 nitrogen and oxygen atoms in total. The summed E-state index contributed by atoms with van der Waals surface area (Å²) in [6.45, 7) is 37.9. The third-order valence-corrected chi connectivity index (χ3v) is 28.5. The summed E-state index contributed by atoms with van der Waals surface area (Å²) in [5, 5.41) is 0. The van der Waals surface area contributed by atoms with E-state index in [1.165, 1.54) is 140 Å². The molecule has 0 aromatic carbocycles. The lowest BCUT2D eigenvalue weighted by atomic mass is 10.1. The average Bonchev–Trinajstić information content (AvgIpc) is 3.07. The summed E-state index contributed by atoms with van der Waals surface area (Å²) in [6.07, 6.45) is 26.5. The highest BCUT2D eigenvalue weighted by molar-refractivity contribution is 6.85. The molecule has 0 aliphatic carbocycles. The van der Waals surface area contributed by atoms with Gasteiger partial charge in [-0.3, -0.25) is 0 Å². The van der Waals surface area contributed by atoms with Gasteiger partial charge in [-0.15, -0.1) is 0 Å². The standard InChI is InChI=1S/C17H38O2Si2.C17H40OSi2.C5H16O2Si2.C3H10OSi.10CH4/c1-4-5-6-7-8-9-10-11-14-17-21(3)18-15-12-13-16-20(2)19-21;1-8-9-10-11-12-13-14-15-16-19(4,5)18-20(6,7)17(2)3;1-8(2)6-5-7-9(3)4;1-4-5(2)3;;;;;;;;;;/h20H,4-17H2,1-3H3;17H,8-16H2,1-7H3;8-9H,5H2,1-4H3;5H,1-3H3;10*1H4. The summed E-state index contributed by atoms with van der Waals surface area (Å²) in [4.78, 5) is 0. The van der Waals surface area contributed by atoms with E-state index in [2.05, 4.69) is 106 Å². The van der Waals surface area contributed by atoms with Crippen LogP contribution in [0.4, 0.5) is 0 Å². The van der Waals surface area contributed by atoms with Crippen molar-refractivity contribution in [3.8, 4) is 0 Å². The van der Waals surface area contributed by atoms with Gasteiger partial charge in [0.2, 0.25) is 0 Å². The van der Waals surface area contributed by atoms with Crippen LogP contribution in [0.25, 0.3) is 0 Å². The van der Waals surface area contributed by atoms with Crippen LogP contribution in [0.1, 0.15) is 224 Å². The molecular weight excluding hydrogens is 917 g/mol. The fourth-order valence-electron chi connectivity index (χ4n) is 6.11. The van der Waals surface area contributed by atoms with Crippen molar-refractivity contribution in [1.29, 1.82) is 0 Å². The Morgan fingerprint density at radius 2 is 0.923 bits per heavy atom. The topological polar surface area (TPSA) is 55.4 Å². The van der Waals surface area contributed by atoms with Gasteiger partial charge in [0, 0.05) is 13.7 Å². The average molecular weight is 1060 g/mol. The van der Waals surface area contributed by atoms with E-state index in [1.807, 2.05) is 0 Å². The molecule has 0 bridgehead atoms. The summed E-state index contributed by atoms with van der Waals surface area (Å²) >= 11 is 0. The molecule has 1 rings (SSSR count). The molecule has 0 aromatic rings. The zero-order valence-electron chi connectivity index (χ0n) is 40.8. The summed E-state index contributed by atoms with van der Waals surface area (Å²) in [6, 6.07) is 3.93. The molecule has 0 radical (unpaired) electrons. The molecule has 416 valence electrons. The van der Waals surface area contributed by atoms with Crippen LogP contribution in [-0.2, 0) is 25.9 Å². The molecule has 65 heavy (non-hydrogen) atoms. The SMILES string of the molecule is C.C.C.C.C.C.C.C.C.C.CCCCCCCCCCC[Si]1(C)OCCCC[SiH](C)O1.CCCCCCCCCC[Si](C)(C)O[Si](C)(C)C(C)C.CO[SiH](C)C.C[SiH](C)OCO[SiH](C)C. The first-order chi connectivity index (χ1) is 25.8. The fourth-order valence-corrected chi connectivity index (χ4v) is 22.2. The quantitative estimate of drug-likeness (QED) is 0.0464. The number of hydrogen-bond acceptors (Lipinski definition) is 6. The molecule has 1 aliphatic rings. The van der Waals surface area contributed by atoms with Crippen LogP contribution in [0.3, 0.4) is 0 Å². The Hall–Kier alpha value is 1.28. The van der Waals surface area contributed by atoms with Crippen LogP contribution in [0.2, 0.25) is 102 Å². The summed E-state index contributed by atoms with van der Waals surface area (Å²) < 4.78 is 34.7. The Morgan fingerprint density at radius 3 is 1.26 bits per heavy atom. The van der Waals surface area contributed by atoms with Gasteiger partial charge < -0.3 is 25.9 Å². The molecule has 2 unspecified atom stereocenters. The van der Waals surface area contributed by atoms with E-state index in [0.29, 0.717) is 6.79 Å². The van der Waals surface area contributed by atoms with Gasteiger partial charge in [-0.2, -0.15) is 0 Å². The van der Waals surface area contributed by atoms with Crippen molar-refractivity contribution in [2.75, 3.05) is 20.5 Å². The highest BCUT2D eigenvalue weighted by Gasteiger charge is 2.35. The minimum Gasteiger partial charge on any atom is -0.455 e. The molecule has 0 amide bonds. The third kappa shape index (κ3) is 77.0. The lowest BCUT2D eigenvalue weighted by Crippen LogP contribution is -2.46. The Morgan fingerprint density at radius 1 is 0.569 bits per heavy atom. The van der Waals surface area contributed by atoms with Crippen LogP contribution < -0.4 is 0 Å². The molecular formula is C52H144O6Si7. The van der Waals surface area contributed by atoms with Crippen molar-refractivity contribution >= 4 is 61.4 Å². The number of rotatable bonds is 27. The molecule has 1 fully saturated rings. The molecule has 0 aromatic heterocycles. The van der Waals surface area contributed by atoms with Gasteiger partial charge >= 0.3 is 8.56 Å². The van der Waals surface area contributed by atoms with Crippen molar-refractivity contribution in [2.45, 2.75) is 326 Å². The predicted molar refractivity (Wildman–Crippen MR) is 334 cm³/mol. The van der Waals surface area contributed by atoms with Crippen LogP contribution in [-0.4, -0.2) is 81.9 Å². The Balaban J connectivity index is -0.0000000524. The molecule has 0 saturated carbocycles. The minimum absolute atomic E-state index is 0. The first kappa shape index (κ1) is 99.5. The van der Waals surface area contributed by atoms with Crippen LogP contribution in [0.5, 0.6) is 0 Å². The van der Waals surface area contributed by atoms with Crippen LogP contribution >= 0.6 is 0 Å². The number of unbranched alkanes of at least 4 members (excludes halogenated alkanes) is 15. The summed E-state index contributed by atoms with van der Waals surface area (Å²) in [7, 11) is -6.16. The highest BCUT2D eigenvalue weighted by atomic mass is 28.4. The van der Waals surface area contributed by atoms with Crippen molar-refractivity contribution < 1.29 is 25.9 Å². The van der Waals surface area contributed by atoms with Crippen molar-refractivity contribution in [1.82, 2.24) is 0 Å². The van der Waals surface area contributed by atoms with Gasteiger partial charge in [0.1, 0.15) is 6.79 Å². The second-order valence-electron chi connectivity index (χ2n) is 18.7. The van der Waals surface area contributed by atoms with E-state index >= 15 is 0 Å². The van der Waals surface area contributed by atoms with E-state index in [9.17, 15) is 0 Å². The van der Waals surface area contributed by atoms with Crippen LogP contribution in [0.15, 0.2) is 0 Å². The fraction of sp³-hybridized carbons (Fsp3) is 1.00. The first-order valence-corrected chi connectivity index (χ1v) is 43.0. The maximum Gasteiger partial charge on any atom is 0.324 e. The van der Waals surface area contributed by atoms with Crippen LogP contribution in [0, 0.1) is 0 Å².